The molecule has 2 aliphatic heterocycles. The van der Waals surface area contributed by atoms with Crippen molar-refractivity contribution in [2.24, 2.45) is 0 Å². The largest absolute Gasteiger partial charge is 0.468 e. The maximum atomic E-state index is 11.6. The van der Waals surface area contributed by atoms with Gasteiger partial charge in [-0.2, -0.15) is 0 Å². The lowest BCUT2D eigenvalue weighted by Gasteiger charge is -2.48. The van der Waals surface area contributed by atoms with Crippen molar-refractivity contribution in [1.82, 2.24) is 20.0 Å². The number of amides is 1. The van der Waals surface area contributed by atoms with Gasteiger partial charge in [0.2, 0.25) is 0 Å². The molecule has 0 aromatic carbocycles. The first-order chi connectivity index (χ1) is 11.8. The van der Waals surface area contributed by atoms with Gasteiger partial charge in [-0.15, -0.1) is 0 Å². The fraction of sp³-hybridized carbons (Fsp3) is 0.882. The number of likely N-dealkylation sites (tertiary alicyclic amines) is 1. The summed E-state index contributed by atoms with van der Waals surface area (Å²) in [5.41, 5.74) is -0.456. The molecule has 0 aliphatic carbocycles. The highest BCUT2D eigenvalue weighted by atomic mass is 16.6. The van der Waals surface area contributed by atoms with Crippen LogP contribution in [0, 0.1) is 0 Å². The summed E-state index contributed by atoms with van der Waals surface area (Å²) in [7, 11) is 1.43. The third kappa shape index (κ3) is 6.80. The van der Waals surface area contributed by atoms with Crippen LogP contribution in [0.5, 0.6) is 0 Å². The first-order valence-corrected chi connectivity index (χ1v) is 8.99. The summed E-state index contributed by atoms with van der Waals surface area (Å²) in [6.45, 7) is 13.3. The number of methoxy groups -OCH3 is 1. The topological polar surface area (TPSA) is 74.4 Å². The van der Waals surface area contributed by atoms with Gasteiger partial charge in [0.1, 0.15) is 5.60 Å². The van der Waals surface area contributed by atoms with Crippen molar-refractivity contribution in [3.05, 3.63) is 0 Å². The highest BCUT2D eigenvalue weighted by Gasteiger charge is 2.33. The van der Waals surface area contributed by atoms with Crippen LogP contribution in [-0.4, -0.2) is 104 Å². The van der Waals surface area contributed by atoms with Gasteiger partial charge in [0.25, 0.3) is 0 Å². The van der Waals surface area contributed by atoms with Gasteiger partial charge < -0.3 is 14.8 Å². The van der Waals surface area contributed by atoms with Gasteiger partial charge in [-0.1, -0.05) is 0 Å². The molecule has 8 nitrogen and oxygen atoms in total. The van der Waals surface area contributed by atoms with Gasteiger partial charge in [-0.05, 0) is 20.8 Å². The normalized spacial score (nSPS) is 20.8. The maximum absolute atomic E-state index is 11.6. The van der Waals surface area contributed by atoms with Crippen molar-refractivity contribution >= 4 is 12.1 Å². The summed E-state index contributed by atoms with van der Waals surface area (Å²) in [5, 5.41) is 2.80. The van der Waals surface area contributed by atoms with E-state index in [1.54, 1.807) is 0 Å². The van der Waals surface area contributed by atoms with Crippen LogP contribution in [0.15, 0.2) is 0 Å². The summed E-state index contributed by atoms with van der Waals surface area (Å²) >= 11 is 0. The van der Waals surface area contributed by atoms with E-state index in [2.05, 4.69) is 20.0 Å². The Morgan fingerprint density at radius 2 is 1.72 bits per heavy atom. The molecule has 144 valence electrons. The SMILES string of the molecule is COC(=O)CN1CCN(C2CN(CCNC(=O)OC(C)(C)C)C2)CC1. The molecule has 2 aliphatic rings. The third-order valence-electron chi connectivity index (χ3n) is 4.54. The lowest BCUT2D eigenvalue weighted by Crippen LogP contribution is -2.63. The van der Waals surface area contributed by atoms with E-state index in [4.69, 9.17) is 9.47 Å². The first kappa shape index (κ1) is 19.9. The van der Waals surface area contributed by atoms with Crippen molar-refractivity contribution in [2.75, 3.05) is 66.0 Å². The second kappa shape index (κ2) is 8.82. The number of rotatable bonds is 6. The van der Waals surface area contributed by atoms with Gasteiger partial charge in [0.05, 0.1) is 13.7 Å². The van der Waals surface area contributed by atoms with E-state index < -0.39 is 5.60 Å². The molecular formula is C17H32N4O4. The molecular weight excluding hydrogens is 324 g/mol. The van der Waals surface area contributed by atoms with E-state index in [1.165, 1.54) is 7.11 Å². The molecule has 1 N–H and O–H groups in total. The van der Waals surface area contributed by atoms with Crippen LogP contribution in [0.3, 0.4) is 0 Å². The quantitative estimate of drug-likeness (QED) is 0.671. The summed E-state index contributed by atoms with van der Waals surface area (Å²) < 4.78 is 9.93. The summed E-state index contributed by atoms with van der Waals surface area (Å²) in [4.78, 5) is 29.9. The highest BCUT2D eigenvalue weighted by molar-refractivity contribution is 5.71. The molecule has 2 fully saturated rings. The van der Waals surface area contributed by atoms with E-state index in [0.717, 1.165) is 45.8 Å². The molecule has 0 saturated carbocycles. The Labute approximate surface area is 150 Å². The predicted octanol–water partition coefficient (Wildman–Crippen LogP) is -0.0141. The Bertz CT molecular complexity index is 452. The second-order valence-electron chi connectivity index (χ2n) is 7.73. The zero-order valence-electron chi connectivity index (χ0n) is 15.9. The number of carbonyl (C=O) groups is 2. The molecule has 0 unspecified atom stereocenters. The van der Waals surface area contributed by atoms with E-state index in [-0.39, 0.29) is 12.1 Å². The molecule has 0 radical (unpaired) electrons. The minimum absolute atomic E-state index is 0.166. The zero-order chi connectivity index (χ0) is 18.4. The van der Waals surface area contributed by atoms with Crippen LogP contribution >= 0.6 is 0 Å². The van der Waals surface area contributed by atoms with Crippen LogP contribution in [0.2, 0.25) is 0 Å². The Morgan fingerprint density at radius 1 is 1.08 bits per heavy atom. The monoisotopic (exact) mass is 356 g/mol. The van der Waals surface area contributed by atoms with Gasteiger partial charge in [0.15, 0.2) is 0 Å². The lowest BCUT2D eigenvalue weighted by molar-refractivity contribution is -0.142. The van der Waals surface area contributed by atoms with Crippen molar-refractivity contribution in [2.45, 2.75) is 32.4 Å². The van der Waals surface area contributed by atoms with Gasteiger partial charge in [0, 0.05) is 58.4 Å². The molecule has 0 atom stereocenters. The number of nitrogens with zero attached hydrogens (tertiary/aromatic N) is 3. The maximum Gasteiger partial charge on any atom is 0.407 e. The third-order valence-corrected chi connectivity index (χ3v) is 4.54. The van der Waals surface area contributed by atoms with E-state index in [9.17, 15) is 9.59 Å². The molecule has 0 aromatic heterocycles. The molecule has 0 bridgehead atoms. The summed E-state index contributed by atoms with van der Waals surface area (Å²) in [6.07, 6.45) is -0.355. The van der Waals surface area contributed by atoms with Gasteiger partial charge in [-0.25, -0.2) is 4.79 Å². The number of nitrogens with one attached hydrogen (secondary N) is 1. The Kier molecular flexibility index (Phi) is 7.04. The van der Waals surface area contributed by atoms with Crippen LogP contribution in [-0.2, 0) is 14.3 Å². The van der Waals surface area contributed by atoms with Crippen molar-refractivity contribution in [3.8, 4) is 0 Å². The minimum atomic E-state index is -0.456. The molecule has 1 amide bonds. The van der Waals surface area contributed by atoms with Crippen LogP contribution in [0.4, 0.5) is 4.79 Å². The average molecular weight is 356 g/mol. The second-order valence-corrected chi connectivity index (χ2v) is 7.73. The number of carbonyl (C=O) groups excluding carboxylic acids is 2. The number of hydrogen-bond donors (Lipinski definition) is 1. The number of piperazine rings is 1. The van der Waals surface area contributed by atoms with Crippen molar-refractivity contribution in [3.63, 3.8) is 0 Å². The smallest absolute Gasteiger partial charge is 0.407 e. The fourth-order valence-electron chi connectivity index (χ4n) is 3.12. The molecule has 0 spiro atoms. The highest BCUT2D eigenvalue weighted by Crippen LogP contribution is 2.16. The number of alkyl carbamates (subject to hydrolysis) is 1. The minimum Gasteiger partial charge on any atom is -0.468 e. The molecule has 2 heterocycles. The fourth-order valence-corrected chi connectivity index (χ4v) is 3.12. The Morgan fingerprint density at radius 3 is 2.28 bits per heavy atom. The van der Waals surface area contributed by atoms with Crippen LogP contribution in [0.1, 0.15) is 20.8 Å². The summed E-state index contributed by atoms with van der Waals surface area (Å²) in [5.74, 6) is -0.166. The Hall–Kier alpha value is -1.38. The predicted molar refractivity (Wildman–Crippen MR) is 94.5 cm³/mol. The first-order valence-electron chi connectivity index (χ1n) is 8.99. The molecule has 0 aromatic rings. The molecule has 2 rings (SSSR count). The number of hydrogen-bond acceptors (Lipinski definition) is 7. The zero-order valence-corrected chi connectivity index (χ0v) is 15.9. The van der Waals surface area contributed by atoms with E-state index in [1.807, 2.05) is 20.8 Å². The summed E-state index contributed by atoms with van der Waals surface area (Å²) in [6, 6.07) is 0.585. The standard InChI is InChI=1S/C17H32N4O4/c1-17(2,3)25-16(23)18-5-6-20-11-14(12-20)21-9-7-19(8-10-21)13-15(22)24-4/h14H,5-13H2,1-4H3,(H,18,23). The average Bonchev–Trinajstić information content (AvgIpc) is 2.48. The number of esters is 1. The number of ether oxygens (including phenoxy) is 2. The lowest BCUT2D eigenvalue weighted by atomic mass is 10.1. The van der Waals surface area contributed by atoms with E-state index >= 15 is 0 Å². The molecule has 2 saturated heterocycles. The van der Waals surface area contributed by atoms with E-state index in [0.29, 0.717) is 19.1 Å². The van der Waals surface area contributed by atoms with Gasteiger partial charge in [-0.3, -0.25) is 19.5 Å². The molecule has 8 heteroatoms. The van der Waals surface area contributed by atoms with Crippen LogP contribution < -0.4 is 5.32 Å². The van der Waals surface area contributed by atoms with Gasteiger partial charge >= 0.3 is 12.1 Å². The molecule has 25 heavy (non-hydrogen) atoms. The Balaban J connectivity index is 1.54. The van der Waals surface area contributed by atoms with Crippen molar-refractivity contribution in [1.29, 1.82) is 0 Å². The van der Waals surface area contributed by atoms with Crippen LogP contribution in [0.25, 0.3) is 0 Å². The van der Waals surface area contributed by atoms with Crippen molar-refractivity contribution < 1.29 is 19.1 Å².